The fourth-order valence-corrected chi connectivity index (χ4v) is 2.69. The zero-order valence-electron chi connectivity index (χ0n) is 12.6. The maximum absolute atomic E-state index is 12.5. The number of carbonyl (C=O) groups excluding carboxylic acids is 2. The van der Waals surface area contributed by atoms with Crippen LogP contribution in [0.1, 0.15) is 31.4 Å². The number of nitrogens with one attached hydrogen (secondary N) is 1. The highest BCUT2D eigenvalue weighted by molar-refractivity contribution is 5.93. The van der Waals surface area contributed by atoms with Crippen molar-refractivity contribution in [2.24, 2.45) is 0 Å². The van der Waals surface area contributed by atoms with Crippen LogP contribution in [0.15, 0.2) is 24.3 Å². The molecular formula is C16H22N2O2. The molecule has 1 unspecified atom stereocenters. The molecule has 4 nitrogen and oxygen atoms in total. The zero-order chi connectivity index (χ0) is 14.9. The highest BCUT2D eigenvalue weighted by Gasteiger charge is 2.36. The Morgan fingerprint density at radius 3 is 2.55 bits per heavy atom. The van der Waals surface area contributed by atoms with E-state index in [2.05, 4.69) is 5.32 Å². The summed E-state index contributed by atoms with van der Waals surface area (Å²) in [4.78, 5) is 26.1. The van der Waals surface area contributed by atoms with Crippen LogP contribution in [-0.4, -0.2) is 36.3 Å². The van der Waals surface area contributed by atoms with E-state index in [1.54, 1.807) is 11.9 Å². The number of hydrogen-bond donors (Lipinski definition) is 1. The molecule has 0 aromatic heterocycles. The van der Waals surface area contributed by atoms with E-state index in [0.29, 0.717) is 13.0 Å². The number of likely N-dealkylation sites (tertiary alicyclic amines) is 1. The molecule has 0 saturated carbocycles. The van der Waals surface area contributed by atoms with Gasteiger partial charge in [-0.05, 0) is 38.3 Å². The average molecular weight is 274 g/mol. The summed E-state index contributed by atoms with van der Waals surface area (Å²) in [7, 11) is 1.76. The Hall–Kier alpha value is -1.84. The van der Waals surface area contributed by atoms with Gasteiger partial charge in [0.2, 0.25) is 11.8 Å². The molecule has 1 saturated heterocycles. The number of benzene rings is 1. The minimum absolute atomic E-state index is 0.000987. The average Bonchev–Trinajstić information content (AvgIpc) is 2.71. The summed E-state index contributed by atoms with van der Waals surface area (Å²) in [5.74, 6) is -0.0978. The third kappa shape index (κ3) is 2.55. The quantitative estimate of drug-likeness (QED) is 0.910. The van der Waals surface area contributed by atoms with Crippen molar-refractivity contribution in [2.45, 2.75) is 38.6 Å². The van der Waals surface area contributed by atoms with Gasteiger partial charge in [0, 0.05) is 13.6 Å². The number of nitrogens with zero attached hydrogens (tertiary/aromatic N) is 1. The van der Waals surface area contributed by atoms with E-state index in [1.165, 1.54) is 0 Å². The molecule has 0 bridgehead atoms. The van der Waals surface area contributed by atoms with Crippen LogP contribution in [0.3, 0.4) is 0 Å². The summed E-state index contributed by atoms with van der Waals surface area (Å²) >= 11 is 0. The Labute approximate surface area is 120 Å². The normalized spacial score (nSPS) is 19.3. The van der Waals surface area contributed by atoms with Gasteiger partial charge in [-0.1, -0.05) is 24.3 Å². The van der Waals surface area contributed by atoms with E-state index in [1.807, 2.05) is 45.0 Å². The van der Waals surface area contributed by atoms with Crippen LogP contribution in [-0.2, 0) is 15.0 Å². The molecule has 0 spiro atoms. The second kappa shape index (κ2) is 5.27. The molecule has 1 aromatic carbocycles. The van der Waals surface area contributed by atoms with Crippen molar-refractivity contribution >= 4 is 11.8 Å². The minimum atomic E-state index is -0.646. The molecule has 1 atom stereocenters. The van der Waals surface area contributed by atoms with E-state index >= 15 is 0 Å². The summed E-state index contributed by atoms with van der Waals surface area (Å²) < 4.78 is 0. The van der Waals surface area contributed by atoms with Gasteiger partial charge in [-0.25, -0.2) is 0 Å². The summed E-state index contributed by atoms with van der Waals surface area (Å²) in [6.45, 7) is 6.50. The van der Waals surface area contributed by atoms with Crippen LogP contribution in [0.25, 0.3) is 0 Å². The lowest BCUT2D eigenvalue weighted by Gasteiger charge is -2.27. The molecular weight excluding hydrogens is 252 g/mol. The van der Waals surface area contributed by atoms with Crippen LogP contribution in [0.5, 0.6) is 0 Å². The number of carbonyl (C=O) groups is 2. The van der Waals surface area contributed by atoms with Crippen molar-refractivity contribution in [1.29, 1.82) is 0 Å². The van der Waals surface area contributed by atoms with Crippen molar-refractivity contribution in [2.75, 3.05) is 13.6 Å². The molecule has 1 N–H and O–H groups in total. The number of hydrogen-bond acceptors (Lipinski definition) is 2. The third-order valence-electron chi connectivity index (χ3n) is 4.12. The molecule has 1 aliphatic rings. The Balaban J connectivity index is 2.16. The lowest BCUT2D eigenvalue weighted by molar-refractivity contribution is -0.133. The first kappa shape index (κ1) is 14.6. The van der Waals surface area contributed by atoms with Crippen molar-refractivity contribution in [1.82, 2.24) is 10.2 Å². The fraction of sp³-hybridized carbons (Fsp3) is 0.500. The highest BCUT2D eigenvalue weighted by Crippen LogP contribution is 2.27. The van der Waals surface area contributed by atoms with Gasteiger partial charge < -0.3 is 10.2 Å². The number of aryl methyl sites for hydroxylation is 1. The number of rotatable bonds is 3. The number of likely N-dealkylation sites (N-methyl/N-ethyl adjacent to an activating group) is 1. The molecule has 1 aliphatic heterocycles. The molecule has 1 fully saturated rings. The highest BCUT2D eigenvalue weighted by atomic mass is 16.2. The molecule has 2 rings (SSSR count). The monoisotopic (exact) mass is 274 g/mol. The van der Waals surface area contributed by atoms with E-state index in [9.17, 15) is 9.59 Å². The SMILES string of the molecule is Cc1ccccc1C(C)(C)C(=O)NC1CCN(C)C1=O. The van der Waals surface area contributed by atoms with Gasteiger partial charge in [0.1, 0.15) is 6.04 Å². The van der Waals surface area contributed by atoms with Crippen molar-refractivity contribution in [3.63, 3.8) is 0 Å². The van der Waals surface area contributed by atoms with E-state index in [0.717, 1.165) is 11.1 Å². The zero-order valence-corrected chi connectivity index (χ0v) is 12.6. The Morgan fingerprint density at radius 2 is 2.00 bits per heavy atom. The lowest BCUT2D eigenvalue weighted by Crippen LogP contribution is -2.48. The summed E-state index contributed by atoms with van der Waals surface area (Å²) in [5.41, 5.74) is 1.44. The van der Waals surface area contributed by atoms with Crippen molar-refractivity contribution < 1.29 is 9.59 Å². The summed E-state index contributed by atoms with van der Waals surface area (Å²) in [6, 6.07) is 7.49. The van der Waals surface area contributed by atoms with Gasteiger partial charge in [-0.15, -0.1) is 0 Å². The maximum atomic E-state index is 12.5. The molecule has 20 heavy (non-hydrogen) atoms. The van der Waals surface area contributed by atoms with Crippen LogP contribution in [0.2, 0.25) is 0 Å². The van der Waals surface area contributed by atoms with E-state index < -0.39 is 5.41 Å². The Bertz CT molecular complexity index is 537. The van der Waals surface area contributed by atoms with E-state index in [4.69, 9.17) is 0 Å². The van der Waals surface area contributed by atoms with Gasteiger partial charge in [-0.3, -0.25) is 9.59 Å². The van der Waals surface area contributed by atoms with Crippen molar-refractivity contribution in [3.05, 3.63) is 35.4 Å². The molecule has 108 valence electrons. The first-order valence-corrected chi connectivity index (χ1v) is 6.96. The Morgan fingerprint density at radius 1 is 1.35 bits per heavy atom. The van der Waals surface area contributed by atoms with Gasteiger partial charge in [0.25, 0.3) is 0 Å². The second-order valence-electron chi connectivity index (χ2n) is 6.01. The van der Waals surface area contributed by atoms with Gasteiger partial charge in [0.05, 0.1) is 5.41 Å². The van der Waals surface area contributed by atoms with Crippen LogP contribution in [0.4, 0.5) is 0 Å². The second-order valence-corrected chi connectivity index (χ2v) is 6.01. The van der Waals surface area contributed by atoms with Crippen molar-refractivity contribution in [3.8, 4) is 0 Å². The molecule has 0 aliphatic carbocycles. The number of amides is 2. The lowest BCUT2D eigenvalue weighted by atomic mass is 9.81. The van der Waals surface area contributed by atoms with E-state index in [-0.39, 0.29) is 17.9 Å². The maximum Gasteiger partial charge on any atom is 0.244 e. The summed E-state index contributed by atoms with van der Waals surface area (Å²) in [6.07, 6.45) is 0.685. The van der Waals surface area contributed by atoms with Gasteiger partial charge in [0.15, 0.2) is 0 Å². The smallest absolute Gasteiger partial charge is 0.244 e. The topological polar surface area (TPSA) is 49.4 Å². The third-order valence-corrected chi connectivity index (χ3v) is 4.12. The van der Waals surface area contributed by atoms with Crippen LogP contribution < -0.4 is 5.32 Å². The molecule has 1 heterocycles. The molecule has 2 amide bonds. The molecule has 1 aromatic rings. The first-order valence-electron chi connectivity index (χ1n) is 6.96. The predicted molar refractivity (Wildman–Crippen MR) is 78.4 cm³/mol. The minimum Gasteiger partial charge on any atom is -0.344 e. The first-order chi connectivity index (χ1) is 9.34. The Kier molecular flexibility index (Phi) is 3.84. The fourth-order valence-electron chi connectivity index (χ4n) is 2.69. The molecule has 0 radical (unpaired) electrons. The van der Waals surface area contributed by atoms with Gasteiger partial charge >= 0.3 is 0 Å². The predicted octanol–water partition coefficient (Wildman–Crippen LogP) is 1.62. The standard InChI is InChI=1S/C16H22N2O2/c1-11-7-5-6-8-12(11)16(2,3)15(20)17-13-9-10-18(4)14(13)19/h5-8,13H,9-10H2,1-4H3,(H,17,20). The largest absolute Gasteiger partial charge is 0.344 e. The van der Waals surface area contributed by atoms with Gasteiger partial charge in [-0.2, -0.15) is 0 Å². The van der Waals surface area contributed by atoms with Crippen LogP contribution >= 0.6 is 0 Å². The summed E-state index contributed by atoms with van der Waals surface area (Å²) in [5, 5.41) is 2.89. The van der Waals surface area contributed by atoms with Crippen LogP contribution in [0, 0.1) is 6.92 Å². The molecule has 4 heteroatoms.